The number of aromatic nitrogens is 2. The van der Waals surface area contributed by atoms with Gasteiger partial charge in [-0.25, -0.2) is 23.1 Å². The SMILES string of the molecule is C[C@@H](c1ncc(-c2c(F)cc(F)cc2F)c(N)n1)C(F)(F)F. The third-order valence-corrected chi connectivity index (χ3v) is 2.99. The van der Waals surface area contributed by atoms with E-state index in [0.717, 1.165) is 13.1 Å². The van der Waals surface area contributed by atoms with E-state index < -0.39 is 46.8 Å². The third-order valence-electron chi connectivity index (χ3n) is 2.99. The predicted octanol–water partition coefficient (Wildman–Crippen LogP) is 3.81. The van der Waals surface area contributed by atoms with Crippen molar-refractivity contribution in [3.05, 3.63) is 41.6 Å². The number of hydrogen-bond acceptors (Lipinski definition) is 3. The lowest BCUT2D eigenvalue weighted by Gasteiger charge is -2.15. The zero-order valence-electron chi connectivity index (χ0n) is 11.0. The van der Waals surface area contributed by atoms with Gasteiger partial charge in [0.05, 0.1) is 5.56 Å². The minimum Gasteiger partial charge on any atom is -0.383 e. The second-order valence-electron chi connectivity index (χ2n) is 4.53. The number of nitrogen functional groups attached to an aromatic ring is 1. The highest BCUT2D eigenvalue weighted by atomic mass is 19.4. The summed E-state index contributed by atoms with van der Waals surface area (Å²) in [6, 6.07) is 0.841. The molecule has 0 aliphatic rings. The maximum Gasteiger partial charge on any atom is 0.398 e. The van der Waals surface area contributed by atoms with E-state index in [1.54, 1.807) is 0 Å². The molecule has 1 aromatic carbocycles. The van der Waals surface area contributed by atoms with E-state index >= 15 is 0 Å². The number of hydrogen-bond donors (Lipinski definition) is 1. The van der Waals surface area contributed by atoms with Crippen LogP contribution in [-0.4, -0.2) is 16.1 Å². The zero-order chi connectivity index (χ0) is 16.7. The molecule has 0 saturated carbocycles. The van der Waals surface area contributed by atoms with Gasteiger partial charge in [-0.05, 0) is 6.92 Å². The Kier molecular flexibility index (Phi) is 3.99. The molecule has 3 nitrogen and oxygen atoms in total. The highest BCUT2D eigenvalue weighted by Crippen LogP contribution is 2.35. The molecule has 0 aliphatic heterocycles. The van der Waals surface area contributed by atoms with E-state index in [2.05, 4.69) is 9.97 Å². The van der Waals surface area contributed by atoms with Crippen molar-refractivity contribution in [2.75, 3.05) is 5.73 Å². The first-order chi connectivity index (χ1) is 10.1. The fraction of sp³-hybridized carbons (Fsp3) is 0.231. The molecule has 0 amide bonds. The predicted molar refractivity (Wildman–Crippen MR) is 66.2 cm³/mol. The lowest BCUT2D eigenvalue weighted by Crippen LogP contribution is -2.20. The summed E-state index contributed by atoms with van der Waals surface area (Å²) in [6.45, 7) is 0.827. The fourth-order valence-corrected chi connectivity index (χ4v) is 1.76. The quantitative estimate of drug-likeness (QED) is 0.856. The molecule has 0 spiro atoms. The van der Waals surface area contributed by atoms with Gasteiger partial charge in [0.25, 0.3) is 0 Å². The largest absolute Gasteiger partial charge is 0.398 e. The van der Waals surface area contributed by atoms with Crippen LogP contribution in [-0.2, 0) is 0 Å². The van der Waals surface area contributed by atoms with Crippen LogP contribution in [0.1, 0.15) is 18.7 Å². The molecule has 0 aliphatic carbocycles. The summed E-state index contributed by atoms with van der Waals surface area (Å²) in [4.78, 5) is 6.89. The van der Waals surface area contributed by atoms with Crippen molar-refractivity contribution in [1.82, 2.24) is 9.97 Å². The second kappa shape index (κ2) is 5.47. The van der Waals surface area contributed by atoms with Crippen molar-refractivity contribution in [3.63, 3.8) is 0 Å². The normalized spacial score (nSPS) is 13.2. The Balaban J connectivity index is 2.52. The molecule has 9 heteroatoms. The number of nitrogens with zero attached hydrogens (tertiary/aromatic N) is 2. The molecule has 2 N–H and O–H groups in total. The van der Waals surface area contributed by atoms with Crippen molar-refractivity contribution >= 4 is 5.82 Å². The van der Waals surface area contributed by atoms with Gasteiger partial charge in [-0.1, -0.05) is 0 Å². The molecule has 2 aromatic rings. The molecule has 0 saturated heterocycles. The number of nitrogens with two attached hydrogens (primary N) is 1. The zero-order valence-corrected chi connectivity index (χ0v) is 11.0. The maximum absolute atomic E-state index is 13.7. The van der Waals surface area contributed by atoms with E-state index in [9.17, 15) is 26.3 Å². The highest BCUT2D eigenvalue weighted by Gasteiger charge is 2.39. The van der Waals surface area contributed by atoms with Crippen molar-refractivity contribution in [2.45, 2.75) is 19.0 Å². The van der Waals surface area contributed by atoms with Crippen molar-refractivity contribution in [1.29, 1.82) is 0 Å². The van der Waals surface area contributed by atoms with Crippen LogP contribution >= 0.6 is 0 Å². The number of halogens is 6. The highest BCUT2D eigenvalue weighted by molar-refractivity contribution is 5.73. The smallest absolute Gasteiger partial charge is 0.383 e. The van der Waals surface area contributed by atoms with Crippen LogP contribution in [0.25, 0.3) is 11.1 Å². The van der Waals surface area contributed by atoms with Gasteiger partial charge in [-0.2, -0.15) is 13.2 Å². The van der Waals surface area contributed by atoms with Gasteiger partial charge in [0.2, 0.25) is 0 Å². The average molecular weight is 321 g/mol. The Morgan fingerprint density at radius 1 is 1.09 bits per heavy atom. The van der Waals surface area contributed by atoms with Crippen molar-refractivity contribution < 1.29 is 26.3 Å². The lowest BCUT2D eigenvalue weighted by atomic mass is 10.1. The molecular weight excluding hydrogens is 312 g/mol. The minimum absolute atomic E-state index is 0.354. The van der Waals surface area contributed by atoms with Crippen LogP contribution < -0.4 is 5.73 Å². The summed E-state index contributed by atoms with van der Waals surface area (Å²) >= 11 is 0. The Bertz CT molecular complexity index is 690. The summed E-state index contributed by atoms with van der Waals surface area (Å²) in [5.74, 6) is -6.82. The average Bonchev–Trinajstić information content (AvgIpc) is 2.37. The molecule has 0 fully saturated rings. The van der Waals surface area contributed by atoms with Crippen LogP contribution in [0.3, 0.4) is 0 Å². The molecule has 2 rings (SSSR count). The van der Waals surface area contributed by atoms with Gasteiger partial charge < -0.3 is 5.73 Å². The van der Waals surface area contributed by atoms with Gasteiger partial charge in [0.1, 0.15) is 35.0 Å². The van der Waals surface area contributed by atoms with E-state index in [-0.39, 0.29) is 5.56 Å². The monoisotopic (exact) mass is 321 g/mol. The summed E-state index contributed by atoms with van der Waals surface area (Å²) in [5.41, 5.74) is 4.41. The number of benzene rings is 1. The van der Waals surface area contributed by atoms with E-state index in [0.29, 0.717) is 12.1 Å². The summed E-state index contributed by atoms with van der Waals surface area (Å²) in [6.07, 6.45) is -3.81. The first-order valence-corrected chi connectivity index (χ1v) is 5.95. The van der Waals surface area contributed by atoms with Gasteiger partial charge in [-0.3, -0.25) is 0 Å². The Morgan fingerprint density at radius 3 is 2.09 bits per heavy atom. The first kappa shape index (κ1) is 16.1. The van der Waals surface area contributed by atoms with E-state index in [1.807, 2.05) is 0 Å². The number of rotatable bonds is 2. The molecule has 1 heterocycles. The van der Waals surface area contributed by atoms with Crippen LogP contribution in [0.5, 0.6) is 0 Å². The van der Waals surface area contributed by atoms with Crippen LogP contribution in [0, 0.1) is 17.5 Å². The molecule has 1 aromatic heterocycles. The standard InChI is InChI=1S/C13H9F6N3/c1-5(13(17,18)19)12-21-4-7(11(20)22-12)10-8(15)2-6(14)3-9(10)16/h2-5H,1H3,(H2,20,21,22)/t5-/m0/s1. The molecule has 0 bridgehead atoms. The molecule has 22 heavy (non-hydrogen) atoms. The Morgan fingerprint density at radius 2 is 1.64 bits per heavy atom. The third kappa shape index (κ3) is 2.97. The Labute approximate surface area is 120 Å². The van der Waals surface area contributed by atoms with Crippen LogP contribution in [0.4, 0.5) is 32.2 Å². The lowest BCUT2D eigenvalue weighted by molar-refractivity contribution is -0.147. The Hall–Kier alpha value is -2.32. The molecular formula is C13H9F6N3. The molecule has 0 radical (unpaired) electrons. The van der Waals surface area contributed by atoms with Crippen molar-refractivity contribution in [2.24, 2.45) is 0 Å². The molecule has 0 unspecified atom stereocenters. The van der Waals surface area contributed by atoms with E-state index in [4.69, 9.17) is 5.73 Å². The van der Waals surface area contributed by atoms with E-state index in [1.165, 1.54) is 0 Å². The summed E-state index contributed by atoms with van der Waals surface area (Å²) in [5, 5.41) is 0. The van der Waals surface area contributed by atoms with Gasteiger partial charge in [0.15, 0.2) is 0 Å². The van der Waals surface area contributed by atoms with Gasteiger partial charge in [0, 0.05) is 23.9 Å². The summed E-state index contributed by atoms with van der Waals surface area (Å²) in [7, 11) is 0. The maximum atomic E-state index is 13.7. The van der Waals surface area contributed by atoms with Crippen LogP contribution in [0.2, 0.25) is 0 Å². The van der Waals surface area contributed by atoms with Gasteiger partial charge in [-0.15, -0.1) is 0 Å². The van der Waals surface area contributed by atoms with Crippen molar-refractivity contribution in [3.8, 4) is 11.1 Å². The number of anilines is 1. The fourth-order valence-electron chi connectivity index (χ4n) is 1.76. The molecule has 1 atom stereocenters. The topological polar surface area (TPSA) is 51.8 Å². The first-order valence-electron chi connectivity index (χ1n) is 5.95. The van der Waals surface area contributed by atoms with Gasteiger partial charge >= 0.3 is 6.18 Å². The molecule has 118 valence electrons. The summed E-state index contributed by atoms with van der Waals surface area (Å²) < 4.78 is 77.9. The minimum atomic E-state index is -4.58. The number of alkyl halides is 3. The second-order valence-corrected chi connectivity index (χ2v) is 4.53. The van der Waals surface area contributed by atoms with Crippen LogP contribution in [0.15, 0.2) is 18.3 Å².